The Kier molecular flexibility index (Phi) is 10.3. The van der Waals surface area contributed by atoms with E-state index in [4.69, 9.17) is 4.98 Å². The minimum absolute atomic E-state index is 0.184. The van der Waals surface area contributed by atoms with Crippen molar-refractivity contribution in [3.63, 3.8) is 0 Å². The number of fused-ring (bicyclic) bond motifs is 1. The Bertz CT molecular complexity index is 1320. The van der Waals surface area contributed by atoms with Gasteiger partial charge in [-0.3, -0.25) is 9.69 Å². The number of amides is 1. The van der Waals surface area contributed by atoms with Crippen molar-refractivity contribution in [2.45, 2.75) is 51.3 Å². The van der Waals surface area contributed by atoms with Crippen LogP contribution in [-0.2, 0) is 10.0 Å². The molecule has 10 heteroatoms. The first-order valence-corrected chi connectivity index (χ1v) is 16.3. The summed E-state index contributed by atoms with van der Waals surface area (Å²) in [5, 5.41) is 4.06. The highest BCUT2D eigenvalue weighted by Gasteiger charge is 2.24. The zero-order valence-electron chi connectivity index (χ0n) is 23.4. The van der Waals surface area contributed by atoms with Gasteiger partial charge in [0.05, 0.1) is 15.1 Å². The van der Waals surface area contributed by atoms with E-state index in [-0.39, 0.29) is 10.8 Å². The summed E-state index contributed by atoms with van der Waals surface area (Å²) in [6, 6.07) is 12.7. The first-order valence-electron chi connectivity index (χ1n) is 14.0. The molecule has 39 heavy (non-hydrogen) atoms. The fraction of sp³-hybridized carbons (Fsp3) is 0.517. The van der Waals surface area contributed by atoms with E-state index in [1.54, 1.807) is 39.9 Å². The van der Waals surface area contributed by atoms with Crippen molar-refractivity contribution < 1.29 is 13.2 Å². The van der Waals surface area contributed by atoms with E-state index in [2.05, 4.69) is 54.1 Å². The maximum absolute atomic E-state index is 13.2. The third-order valence-corrected chi connectivity index (χ3v) is 10.2. The number of carbonyl (C=O) groups excluding carboxylic acids is 1. The molecule has 8 nitrogen and oxygen atoms in total. The van der Waals surface area contributed by atoms with Crippen LogP contribution in [0.25, 0.3) is 10.2 Å². The van der Waals surface area contributed by atoms with Gasteiger partial charge in [-0.2, -0.15) is 4.31 Å². The lowest BCUT2D eigenvalue weighted by Crippen LogP contribution is -2.48. The van der Waals surface area contributed by atoms with Crippen LogP contribution >= 0.6 is 11.3 Å². The van der Waals surface area contributed by atoms with Crippen LogP contribution in [0.5, 0.6) is 0 Å². The second-order valence-corrected chi connectivity index (χ2v) is 13.1. The number of hydrogen-bond donors (Lipinski definition) is 1. The SMILES string of the molecule is CCCCN(CCCC)S(=O)(=O)c1ccc(C(=O)NCCN2CCN(c3nc4ccc(C)cc4s3)CC2)cc1. The van der Waals surface area contributed by atoms with Crippen molar-refractivity contribution in [1.82, 2.24) is 19.5 Å². The van der Waals surface area contributed by atoms with Gasteiger partial charge in [-0.1, -0.05) is 44.1 Å². The lowest BCUT2D eigenvalue weighted by atomic mass is 10.2. The molecule has 0 unspecified atom stereocenters. The molecule has 1 saturated heterocycles. The van der Waals surface area contributed by atoms with Crippen LogP contribution in [0.1, 0.15) is 55.5 Å². The van der Waals surface area contributed by atoms with Crippen LogP contribution in [0.2, 0.25) is 0 Å². The second kappa shape index (κ2) is 13.7. The zero-order chi connectivity index (χ0) is 27.8. The topological polar surface area (TPSA) is 85.8 Å². The number of aromatic nitrogens is 1. The molecule has 3 aromatic rings. The average molecular weight is 572 g/mol. The molecule has 1 aliphatic rings. The van der Waals surface area contributed by atoms with Gasteiger partial charge in [0.15, 0.2) is 5.13 Å². The van der Waals surface area contributed by atoms with E-state index >= 15 is 0 Å². The van der Waals surface area contributed by atoms with Crippen molar-refractivity contribution in [2.75, 3.05) is 57.3 Å². The van der Waals surface area contributed by atoms with Gasteiger partial charge in [-0.25, -0.2) is 13.4 Å². The van der Waals surface area contributed by atoms with Crippen LogP contribution in [0.3, 0.4) is 0 Å². The first kappa shape index (κ1) is 29.5. The number of anilines is 1. The van der Waals surface area contributed by atoms with Crippen molar-refractivity contribution in [3.05, 3.63) is 53.6 Å². The molecular formula is C29H41N5O3S2. The summed E-state index contributed by atoms with van der Waals surface area (Å²) in [5.41, 5.74) is 2.78. The van der Waals surface area contributed by atoms with Gasteiger partial charge in [0.1, 0.15) is 0 Å². The average Bonchev–Trinajstić information content (AvgIpc) is 3.36. The van der Waals surface area contributed by atoms with E-state index in [9.17, 15) is 13.2 Å². The highest BCUT2D eigenvalue weighted by Crippen LogP contribution is 2.30. The molecule has 1 amide bonds. The summed E-state index contributed by atoms with van der Waals surface area (Å²) in [4.78, 5) is 22.5. The third kappa shape index (κ3) is 7.57. The van der Waals surface area contributed by atoms with Crippen molar-refractivity contribution >= 4 is 42.6 Å². The summed E-state index contributed by atoms with van der Waals surface area (Å²) < 4.78 is 29.1. The molecule has 4 rings (SSSR count). The van der Waals surface area contributed by atoms with Gasteiger partial charge in [0, 0.05) is 57.9 Å². The molecule has 0 saturated carbocycles. The molecule has 212 valence electrons. The quantitative estimate of drug-likeness (QED) is 0.319. The Hall–Kier alpha value is -2.53. The number of rotatable bonds is 13. The molecule has 0 bridgehead atoms. The summed E-state index contributed by atoms with van der Waals surface area (Å²) in [7, 11) is -3.57. The summed E-state index contributed by atoms with van der Waals surface area (Å²) in [5.74, 6) is -0.184. The first-order chi connectivity index (χ1) is 18.8. The van der Waals surface area contributed by atoms with Crippen LogP contribution in [0.4, 0.5) is 5.13 Å². The Morgan fingerprint density at radius 2 is 1.67 bits per heavy atom. The Labute approximate surface area is 237 Å². The molecule has 1 aromatic heterocycles. The van der Waals surface area contributed by atoms with Crippen LogP contribution < -0.4 is 10.2 Å². The number of aryl methyl sites for hydroxylation is 1. The maximum Gasteiger partial charge on any atom is 0.251 e. The van der Waals surface area contributed by atoms with Crippen molar-refractivity contribution in [3.8, 4) is 0 Å². The summed E-state index contributed by atoms with van der Waals surface area (Å²) in [6.07, 6.45) is 3.55. The number of carbonyl (C=O) groups is 1. The van der Waals surface area contributed by atoms with Gasteiger partial charge >= 0.3 is 0 Å². The van der Waals surface area contributed by atoms with Crippen molar-refractivity contribution in [1.29, 1.82) is 0 Å². The molecule has 0 radical (unpaired) electrons. The predicted molar refractivity (Wildman–Crippen MR) is 160 cm³/mol. The highest BCUT2D eigenvalue weighted by atomic mass is 32.2. The minimum Gasteiger partial charge on any atom is -0.351 e. The van der Waals surface area contributed by atoms with Gasteiger partial charge in [-0.15, -0.1) is 0 Å². The van der Waals surface area contributed by atoms with Crippen LogP contribution in [-0.4, -0.2) is 80.9 Å². The molecule has 0 atom stereocenters. The highest BCUT2D eigenvalue weighted by molar-refractivity contribution is 7.89. The molecule has 2 aromatic carbocycles. The predicted octanol–water partition coefficient (Wildman–Crippen LogP) is 4.75. The number of sulfonamides is 1. The number of thiazole rings is 1. The van der Waals surface area contributed by atoms with E-state index in [0.717, 1.165) is 69.1 Å². The number of nitrogens with zero attached hydrogens (tertiary/aromatic N) is 4. The van der Waals surface area contributed by atoms with Gasteiger partial charge < -0.3 is 10.2 Å². The molecular weight excluding hydrogens is 530 g/mol. The van der Waals surface area contributed by atoms with Crippen LogP contribution in [0.15, 0.2) is 47.4 Å². The number of nitrogens with one attached hydrogen (secondary N) is 1. The van der Waals surface area contributed by atoms with Crippen molar-refractivity contribution in [2.24, 2.45) is 0 Å². The van der Waals surface area contributed by atoms with E-state index in [0.29, 0.717) is 25.2 Å². The standard InChI is InChI=1S/C29H41N5O3S2/c1-4-6-15-34(16-7-5-2)39(36,37)25-11-9-24(10-12-25)28(35)30-14-17-32-18-20-33(21-19-32)29-31-26-13-8-23(3)22-27(26)38-29/h8-13,22H,4-7,14-21H2,1-3H3,(H,30,35). The van der Waals surface area contributed by atoms with E-state index in [1.807, 2.05) is 0 Å². The Morgan fingerprint density at radius 3 is 2.31 bits per heavy atom. The zero-order valence-corrected chi connectivity index (χ0v) is 25.0. The molecule has 1 aliphatic heterocycles. The largest absolute Gasteiger partial charge is 0.351 e. The van der Waals surface area contributed by atoms with Gasteiger partial charge in [-0.05, 0) is 61.7 Å². The normalized spacial score (nSPS) is 14.8. The monoisotopic (exact) mass is 571 g/mol. The molecule has 1 N–H and O–H groups in total. The number of hydrogen-bond acceptors (Lipinski definition) is 7. The number of unbranched alkanes of at least 4 members (excludes halogenated alkanes) is 2. The fourth-order valence-corrected chi connectivity index (χ4v) is 7.33. The lowest BCUT2D eigenvalue weighted by Gasteiger charge is -2.34. The van der Waals surface area contributed by atoms with E-state index < -0.39 is 10.0 Å². The summed E-state index contributed by atoms with van der Waals surface area (Å²) in [6.45, 7) is 12.3. The Morgan fingerprint density at radius 1 is 1.00 bits per heavy atom. The molecule has 1 fully saturated rings. The molecule has 0 spiro atoms. The number of benzene rings is 2. The van der Waals surface area contributed by atoms with Gasteiger partial charge in [0.25, 0.3) is 5.91 Å². The molecule has 2 heterocycles. The maximum atomic E-state index is 13.2. The Balaban J connectivity index is 1.24. The van der Waals surface area contributed by atoms with Crippen LogP contribution in [0, 0.1) is 6.92 Å². The summed E-state index contributed by atoms with van der Waals surface area (Å²) >= 11 is 1.75. The fourth-order valence-electron chi connectivity index (χ4n) is 4.70. The second-order valence-electron chi connectivity index (χ2n) is 10.2. The molecule has 0 aliphatic carbocycles. The number of piperazine rings is 1. The van der Waals surface area contributed by atoms with Gasteiger partial charge in [0.2, 0.25) is 10.0 Å². The minimum atomic E-state index is -3.57. The lowest BCUT2D eigenvalue weighted by molar-refractivity contribution is 0.0947. The van der Waals surface area contributed by atoms with E-state index in [1.165, 1.54) is 10.3 Å². The third-order valence-electron chi connectivity index (χ3n) is 7.17. The smallest absolute Gasteiger partial charge is 0.251 e.